The Kier molecular flexibility index (Phi) is 4.56. The van der Waals surface area contributed by atoms with E-state index in [4.69, 9.17) is 0 Å². The summed E-state index contributed by atoms with van der Waals surface area (Å²) < 4.78 is 37.2. The lowest BCUT2D eigenvalue weighted by Crippen LogP contribution is -2.26. The van der Waals surface area contributed by atoms with Gasteiger partial charge in [-0.15, -0.1) is 11.3 Å². The molecule has 20 heavy (non-hydrogen) atoms. The molecule has 8 heteroatoms. The molecule has 108 valence electrons. The second kappa shape index (κ2) is 6.19. The van der Waals surface area contributed by atoms with Crippen LogP contribution in [0.4, 0.5) is 19.0 Å². The molecule has 2 aromatic rings. The van der Waals surface area contributed by atoms with Crippen LogP contribution in [-0.4, -0.2) is 27.7 Å². The van der Waals surface area contributed by atoms with Crippen LogP contribution in [0.25, 0.3) is 0 Å². The highest BCUT2D eigenvalue weighted by Crippen LogP contribution is 2.28. The molecule has 0 saturated carbocycles. The number of hydrogen-bond donors (Lipinski definition) is 2. The predicted octanol–water partition coefficient (Wildman–Crippen LogP) is 2.57. The fourth-order valence-corrected chi connectivity index (χ4v) is 2.28. The van der Waals surface area contributed by atoms with Crippen molar-refractivity contribution in [3.05, 3.63) is 40.5 Å². The molecular formula is C12H12F3N3OS. The number of thiazole rings is 1. The lowest BCUT2D eigenvalue weighted by Gasteiger charge is -2.16. The third-order valence-corrected chi connectivity index (χ3v) is 3.40. The molecule has 0 amide bonds. The molecule has 2 aromatic heterocycles. The van der Waals surface area contributed by atoms with E-state index in [2.05, 4.69) is 15.3 Å². The van der Waals surface area contributed by atoms with Gasteiger partial charge in [-0.25, -0.2) is 4.98 Å². The number of nitrogens with zero attached hydrogens (tertiary/aromatic N) is 2. The third-order valence-electron chi connectivity index (χ3n) is 2.59. The van der Waals surface area contributed by atoms with Gasteiger partial charge in [-0.05, 0) is 12.1 Å². The van der Waals surface area contributed by atoms with E-state index in [0.29, 0.717) is 12.2 Å². The first-order valence-corrected chi connectivity index (χ1v) is 6.65. The molecule has 0 spiro atoms. The van der Waals surface area contributed by atoms with E-state index in [-0.39, 0.29) is 12.6 Å². The number of aliphatic hydroxyl groups excluding tert-OH is 1. The maximum absolute atomic E-state index is 12.4. The first-order valence-electron chi connectivity index (χ1n) is 5.77. The van der Waals surface area contributed by atoms with Crippen molar-refractivity contribution in [2.75, 3.05) is 11.9 Å². The molecule has 2 N–H and O–H groups in total. The van der Waals surface area contributed by atoms with Crippen LogP contribution >= 0.6 is 11.3 Å². The number of hydrogen-bond acceptors (Lipinski definition) is 5. The molecule has 2 rings (SSSR count). The second-order valence-electron chi connectivity index (χ2n) is 4.13. The van der Waals surface area contributed by atoms with Crippen LogP contribution < -0.4 is 5.32 Å². The van der Waals surface area contributed by atoms with Gasteiger partial charge in [0.25, 0.3) is 0 Å². The number of aromatic nitrogens is 2. The second-order valence-corrected chi connectivity index (χ2v) is 5.10. The topological polar surface area (TPSA) is 58.0 Å². The average molecular weight is 303 g/mol. The number of pyridine rings is 1. The Labute approximate surface area is 117 Å². The molecule has 0 bridgehead atoms. The molecule has 0 aliphatic heterocycles. The summed E-state index contributed by atoms with van der Waals surface area (Å²) in [5, 5.41) is 12.2. The summed E-state index contributed by atoms with van der Waals surface area (Å²) in [6.07, 6.45) is -1.41. The number of rotatable bonds is 5. The van der Waals surface area contributed by atoms with Crippen molar-refractivity contribution in [1.82, 2.24) is 9.97 Å². The van der Waals surface area contributed by atoms with Crippen molar-refractivity contribution in [2.45, 2.75) is 18.6 Å². The van der Waals surface area contributed by atoms with Crippen LogP contribution in [0.15, 0.2) is 30.0 Å². The zero-order valence-electron chi connectivity index (χ0n) is 10.3. The monoisotopic (exact) mass is 303 g/mol. The minimum Gasteiger partial charge on any atom is -0.394 e. The average Bonchev–Trinajstić information content (AvgIpc) is 2.90. The van der Waals surface area contributed by atoms with E-state index >= 15 is 0 Å². The lowest BCUT2D eigenvalue weighted by molar-refractivity contribution is -0.137. The Morgan fingerprint density at radius 2 is 2.10 bits per heavy atom. The Morgan fingerprint density at radius 3 is 2.60 bits per heavy atom. The summed E-state index contributed by atoms with van der Waals surface area (Å²) in [6, 6.07) is 1.88. The Bertz CT molecular complexity index is 528. The van der Waals surface area contributed by atoms with Gasteiger partial charge in [0.1, 0.15) is 5.82 Å². The van der Waals surface area contributed by atoms with Crippen molar-refractivity contribution >= 4 is 17.2 Å². The molecule has 0 aliphatic rings. The van der Waals surface area contributed by atoms with Crippen molar-refractivity contribution in [3.63, 3.8) is 0 Å². The van der Waals surface area contributed by atoms with E-state index < -0.39 is 11.7 Å². The highest BCUT2D eigenvalue weighted by molar-refractivity contribution is 7.09. The highest BCUT2D eigenvalue weighted by Gasteiger charge is 2.30. The maximum atomic E-state index is 12.4. The quantitative estimate of drug-likeness (QED) is 0.891. The zero-order valence-corrected chi connectivity index (χ0v) is 11.1. The van der Waals surface area contributed by atoms with Gasteiger partial charge < -0.3 is 10.4 Å². The number of halogens is 3. The summed E-state index contributed by atoms with van der Waals surface area (Å²) in [6.45, 7) is -0.152. The van der Waals surface area contributed by atoms with E-state index in [9.17, 15) is 18.3 Å². The van der Waals surface area contributed by atoms with Crippen LogP contribution in [0.2, 0.25) is 0 Å². The SMILES string of the molecule is OCC(Cc1cncs1)Nc1ccc(C(F)(F)F)cn1. The van der Waals surface area contributed by atoms with E-state index in [1.807, 2.05) is 0 Å². The van der Waals surface area contributed by atoms with Crippen LogP contribution in [0.3, 0.4) is 0 Å². The highest BCUT2D eigenvalue weighted by atomic mass is 32.1. The zero-order chi connectivity index (χ0) is 14.6. The number of nitrogens with one attached hydrogen (secondary N) is 1. The van der Waals surface area contributed by atoms with Gasteiger partial charge in [-0.1, -0.05) is 0 Å². The predicted molar refractivity (Wildman–Crippen MR) is 69.6 cm³/mol. The fourth-order valence-electron chi connectivity index (χ4n) is 1.60. The van der Waals surface area contributed by atoms with E-state index in [0.717, 1.165) is 17.1 Å². The van der Waals surface area contributed by atoms with Gasteiger partial charge in [0.05, 0.1) is 23.7 Å². The van der Waals surface area contributed by atoms with Crippen molar-refractivity contribution in [2.24, 2.45) is 0 Å². The number of alkyl halides is 3. The summed E-state index contributed by atoms with van der Waals surface area (Å²) in [5.74, 6) is 0.293. The smallest absolute Gasteiger partial charge is 0.394 e. The van der Waals surface area contributed by atoms with Crippen LogP contribution in [0.5, 0.6) is 0 Å². The third kappa shape index (κ3) is 3.91. The fraction of sp³-hybridized carbons (Fsp3) is 0.333. The maximum Gasteiger partial charge on any atom is 0.417 e. The Balaban J connectivity index is 2.01. The van der Waals surface area contributed by atoms with Gasteiger partial charge in [0.15, 0.2) is 0 Å². The minimum atomic E-state index is -4.40. The van der Waals surface area contributed by atoms with E-state index in [1.165, 1.54) is 17.4 Å². The molecule has 1 unspecified atom stereocenters. The summed E-state index contributed by atoms with van der Waals surface area (Å²) >= 11 is 1.45. The molecule has 0 saturated heterocycles. The first kappa shape index (κ1) is 14.7. The van der Waals surface area contributed by atoms with Gasteiger partial charge in [-0.3, -0.25) is 4.98 Å². The number of aliphatic hydroxyl groups is 1. The standard InChI is InChI=1S/C12H12F3N3OS/c13-12(14,15)8-1-2-11(17-4-8)18-9(6-19)3-10-5-16-7-20-10/h1-2,4-5,7,9,19H,3,6H2,(H,17,18). The summed E-state index contributed by atoms with van der Waals surface area (Å²) in [5.41, 5.74) is 0.881. The van der Waals surface area contributed by atoms with Crippen molar-refractivity contribution < 1.29 is 18.3 Å². The minimum absolute atomic E-state index is 0.152. The molecule has 0 aromatic carbocycles. The molecule has 0 aliphatic carbocycles. The summed E-state index contributed by atoms with van der Waals surface area (Å²) in [7, 11) is 0. The lowest BCUT2D eigenvalue weighted by atomic mass is 10.2. The van der Waals surface area contributed by atoms with E-state index in [1.54, 1.807) is 11.7 Å². The molecular weight excluding hydrogens is 291 g/mol. The normalized spacial score (nSPS) is 13.2. The molecule has 0 radical (unpaired) electrons. The van der Waals surface area contributed by atoms with Crippen molar-refractivity contribution in [3.8, 4) is 0 Å². The van der Waals surface area contributed by atoms with Gasteiger partial charge in [0, 0.05) is 23.7 Å². The van der Waals surface area contributed by atoms with Crippen LogP contribution in [-0.2, 0) is 12.6 Å². The Morgan fingerprint density at radius 1 is 1.30 bits per heavy atom. The van der Waals surface area contributed by atoms with Gasteiger partial charge in [-0.2, -0.15) is 13.2 Å². The van der Waals surface area contributed by atoms with Crippen molar-refractivity contribution in [1.29, 1.82) is 0 Å². The van der Waals surface area contributed by atoms with Crippen LogP contribution in [0, 0.1) is 0 Å². The number of anilines is 1. The van der Waals surface area contributed by atoms with Crippen LogP contribution in [0.1, 0.15) is 10.4 Å². The van der Waals surface area contributed by atoms with Gasteiger partial charge >= 0.3 is 6.18 Å². The summed E-state index contributed by atoms with van der Waals surface area (Å²) in [4.78, 5) is 8.61. The molecule has 4 nitrogen and oxygen atoms in total. The first-order chi connectivity index (χ1) is 9.49. The van der Waals surface area contributed by atoms with Gasteiger partial charge in [0.2, 0.25) is 0 Å². The molecule has 1 atom stereocenters. The molecule has 2 heterocycles. The largest absolute Gasteiger partial charge is 0.417 e. The molecule has 0 fully saturated rings. The Hall–Kier alpha value is -1.67.